The van der Waals surface area contributed by atoms with E-state index in [0.717, 1.165) is 21.1 Å². The molecule has 3 nitrogen and oxygen atoms in total. The Morgan fingerprint density at radius 3 is 2.79 bits per heavy atom. The fourth-order valence-corrected chi connectivity index (χ4v) is 3.37. The number of amides is 2. The maximum atomic E-state index is 11.7. The van der Waals surface area contributed by atoms with Gasteiger partial charge in [0, 0.05) is 20.4 Å². The third-order valence-electron chi connectivity index (χ3n) is 2.42. The van der Waals surface area contributed by atoms with Gasteiger partial charge in [-0.3, -0.25) is 0 Å². The van der Waals surface area contributed by atoms with E-state index in [9.17, 15) is 4.79 Å². The minimum absolute atomic E-state index is 0.195. The van der Waals surface area contributed by atoms with Crippen molar-refractivity contribution in [3.63, 3.8) is 0 Å². The summed E-state index contributed by atoms with van der Waals surface area (Å²) in [5, 5.41) is 7.67. The molecule has 100 valence electrons. The summed E-state index contributed by atoms with van der Waals surface area (Å²) in [6, 6.07) is 9.49. The van der Waals surface area contributed by atoms with Crippen LogP contribution in [-0.2, 0) is 6.42 Å². The lowest BCUT2D eigenvalue weighted by molar-refractivity contribution is 0.252. The summed E-state index contributed by atoms with van der Waals surface area (Å²) in [4.78, 5) is 13.0. The highest BCUT2D eigenvalue weighted by atomic mass is 79.9. The molecular weight excluding hydrogens is 392 g/mol. The summed E-state index contributed by atoms with van der Waals surface area (Å²) in [5.74, 6) is 0. The van der Waals surface area contributed by atoms with Crippen LogP contribution in [-0.4, -0.2) is 12.6 Å². The minimum atomic E-state index is -0.195. The second-order valence-electron chi connectivity index (χ2n) is 3.83. The molecule has 1 heterocycles. The van der Waals surface area contributed by atoms with Crippen LogP contribution >= 0.6 is 43.2 Å². The Morgan fingerprint density at radius 2 is 2.11 bits per heavy atom. The molecule has 0 saturated carbocycles. The highest BCUT2D eigenvalue weighted by Gasteiger charge is 2.05. The van der Waals surface area contributed by atoms with Crippen LogP contribution < -0.4 is 10.6 Å². The number of anilines is 1. The molecule has 0 aliphatic rings. The first-order chi connectivity index (χ1) is 9.15. The summed E-state index contributed by atoms with van der Waals surface area (Å²) in [5.41, 5.74) is 0.747. The Kier molecular flexibility index (Phi) is 5.42. The molecule has 0 aliphatic carbocycles. The van der Waals surface area contributed by atoms with Gasteiger partial charge in [0.25, 0.3) is 0 Å². The molecule has 6 heteroatoms. The van der Waals surface area contributed by atoms with E-state index in [1.54, 1.807) is 11.3 Å². The van der Waals surface area contributed by atoms with Crippen molar-refractivity contribution in [3.8, 4) is 0 Å². The third-order valence-corrected chi connectivity index (χ3v) is 4.50. The maximum absolute atomic E-state index is 11.7. The fourth-order valence-electron chi connectivity index (χ4n) is 1.51. The molecule has 0 fully saturated rings. The number of benzene rings is 1. The molecule has 1 aromatic heterocycles. The zero-order valence-electron chi connectivity index (χ0n) is 9.95. The highest BCUT2D eigenvalue weighted by Crippen LogP contribution is 2.25. The molecule has 0 bridgehead atoms. The largest absolute Gasteiger partial charge is 0.338 e. The Balaban J connectivity index is 1.80. The van der Waals surface area contributed by atoms with E-state index >= 15 is 0 Å². The topological polar surface area (TPSA) is 41.1 Å². The molecule has 0 atom stereocenters. The van der Waals surface area contributed by atoms with Gasteiger partial charge < -0.3 is 10.6 Å². The van der Waals surface area contributed by atoms with Gasteiger partial charge in [-0.15, -0.1) is 11.3 Å². The normalized spacial score (nSPS) is 10.2. The van der Waals surface area contributed by atoms with Crippen molar-refractivity contribution in [1.82, 2.24) is 5.32 Å². The second-order valence-corrected chi connectivity index (χ2v) is 6.64. The Bertz CT molecular complexity index is 558. The number of urea groups is 1. The van der Waals surface area contributed by atoms with E-state index in [1.165, 1.54) is 4.88 Å². The van der Waals surface area contributed by atoms with Gasteiger partial charge in [-0.25, -0.2) is 4.79 Å². The average Bonchev–Trinajstić information content (AvgIpc) is 2.86. The number of hydrogen-bond acceptors (Lipinski definition) is 2. The predicted molar refractivity (Wildman–Crippen MR) is 86.9 cm³/mol. The van der Waals surface area contributed by atoms with E-state index in [4.69, 9.17) is 0 Å². The smallest absolute Gasteiger partial charge is 0.319 e. The number of carbonyl (C=O) groups is 1. The van der Waals surface area contributed by atoms with E-state index in [1.807, 2.05) is 29.6 Å². The summed E-state index contributed by atoms with van der Waals surface area (Å²) in [7, 11) is 0. The van der Waals surface area contributed by atoms with E-state index in [2.05, 4.69) is 48.6 Å². The van der Waals surface area contributed by atoms with Crippen molar-refractivity contribution in [2.45, 2.75) is 6.42 Å². The van der Waals surface area contributed by atoms with Crippen molar-refractivity contribution < 1.29 is 4.79 Å². The second kappa shape index (κ2) is 7.07. The molecule has 2 amide bonds. The van der Waals surface area contributed by atoms with Crippen LogP contribution in [0.5, 0.6) is 0 Å². The molecule has 0 unspecified atom stereocenters. The first-order valence-electron chi connectivity index (χ1n) is 5.67. The quantitative estimate of drug-likeness (QED) is 0.767. The van der Waals surface area contributed by atoms with Crippen LogP contribution in [0.15, 0.2) is 44.7 Å². The molecular formula is C13H12Br2N2OS. The zero-order chi connectivity index (χ0) is 13.7. The van der Waals surface area contributed by atoms with Crippen LogP contribution in [0.3, 0.4) is 0 Å². The summed E-state index contributed by atoms with van der Waals surface area (Å²) >= 11 is 8.47. The number of hydrogen-bond donors (Lipinski definition) is 2. The van der Waals surface area contributed by atoms with E-state index in [-0.39, 0.29) is 6.03 Å². The Morgan fingerprint density at radius 1 is 1.26 bits per heavy atom. The Hall–Kier alpha value is -0.850. The summed E-state index contributed by atoms with van der Waals surface area (Å²) in [6.07, 6.45) is 0.854. The standard InChI is InChI=1S/C13H12Br2N2OS/c14-9-3-4-12(11(15)8-9)17-13(18)16-6-5-10-2-1-7-19-10/h1-4,7-8H,5-6H2,(H2,16,17,18). The maximum Gasteiger partial charge on any atom is 0.319 e. The van der Waals surface area contributed by atoms with Crippen molar-refractivity contribution in [2.24, 2.45) is 0 Å². The molecule has 0 spiro atoms. The highest BCUT2D eigenvalue weighted by molar-refractivity contribution is 9.11. The first-order valence-corrected chi connectivity index (χ1v) is 8.14. The van der Waals surface area contributed by atoms with Gasteiger partial charge in [-0.05, 0) is 52.0 Å². The third kappa shape index (κ3) is 4.63. The Labute approximate surface area is 132 Å². The van der Waals surface area contributed by atoms with Crippen LogP contribution in [0.25, 0.3) is 0 Å². The van der Waals surface area contributed by atoms with Crippen LogP contribution in [0, 0.1) is 0 Å². The number of rotatable bonds is 4. The van der Waals surface area contributed by atoms with Gasteiger partial charge in [0.15, 0.2) is 0 Å². The number of thiophene rings is 1. The van der Waals surface area contributed by atoms with Crippen LogP contribution in [0.1, 0.15) is 4.88 Å². The van der Waals surface area contributed by atoms with Gasteiger partial charge in [0.1, 0.15) is 0 Å². The molecule has 0 saturated heterocycles. The lowest BCUT2D eigenvalue weighted by Gasteiger charge is -2.09. The van der Waals surface area contributed by atoms with E-state index < -0.39 is 0 Å². The minimum Gasteiger partial charge on any atom is -0.338 e. The monoisotopic (exact) mass is 402 g/mol. The fraction of sp³-hybridized carbons (Fsp3) is 0.154. The molecule has 2 aromatic rings. The van der Waals surface area contributed by atoms with Crippen molar-refractivity contribution in [2.75, 3.05) is 11.9 Å². The summed E-state index contributed by atoms with van der Waals surface area (Å²) < 4.78 is 1.80. The van der Waals surface area contributed by atoms with Crippen molar-refractivity contribution in [1.29, 1.82) is 0 Å². The molecule has 19 heavy (non-hydrogen) atoms. The number of halogens is 2. The van der Waals surface area contributed by atoms with Crippen molar-refractivity contribution >= 4 is 54.9 Å². The molecule has 2 rings (SSSR count). The van der Waals surface area contributed by atoms with Crippen LogP contribution in [0.4, 0.5) is 10.5 Å². The number of carbonyl (C=O) groups excluding carboxylic acids is 1. The van der Waals surface area contributed by atoms with Crippen LogP contribution in [0.2, 0.25) is 0 Å². The van der Waals surface area contributed by atoms with E-state index in [0.29, 0.717) is 6.54 Å². The summed E-state index contributed by atoms with van der Waals surface area (Å²) in [6.45, 7) is 0.625. The van der Waals surface area contributed by atoms with Gasteiger partial charge in [-0.1, -0.05) is 22.0 Å². The van der Waals surface area contributed by atoms with Gasteiger partial charge in [-0.2, -0.15) is 0 Å². The van der Waals surface area contributed by atoms with Gasteiger partial charge in [0.05, 0.1) is 5.69 Å². The number of nitrogens with one attached hydrogen (secondary N) is 2. The molecule has 0 aliphatic heterocycles. The zero-order valence-corrected chi connectivity index (χ0v) is 13.9. The lowest BCUT2D eigenvalue weighted by atomic mass is 10.3. The lowest BCUT2D eigenvalue weighted by Crippen LogP contribution is -2.30. The van der Waals surface area contributed by atoms with Crippen molar-refractivity contribution in [3.05, 3.63) is 49.5 Å². The molecule has 2 N–H and O–H groups in total. The average molecular weight is 404 g/mol. The predicted octanol–water partition coefficient (Wildman–Crippen LogP) is 4.64. The molecule has 1 aromatic carbocycles. The molecule has 0 radical (unpaired) electrons. The SMILES string of the molecule is O=C(NCCc1cccs1)Nc1ccc(Br)cc1Br. The van der Waals surface area contributed by atoms with Gasteiger partial charge in [0.2, 0.25) is 0 Å². The first kappa shape index (κ1) is 14.6. The van der Waals surface area contributed by atoms with Gasteiger partial charge >= 0.3 is 6.03 Å².